The Hall–Kier alpha value is -3.96. The maximum Gasteiger partial charge on any atom is 0.278 e. The standard InChI is InChI=1S/C28H28N6O2/c1-16-5-4-6-18(9-16)22(35)13-32-15-31-23-21(11-29)26-33-12-19(30)10-20-17(2)7-8-28(3,25(20)33)14-34(26)24(23)27(32)36/h4-9,15,17,19H,10,12-14,30H2,1-3H3. The van der Waals surface area contributed by atoms with Gasteiger partial charge in [0.15, 0.2) is 5.78 Å². The van der Waals surface area contributed by atoms with E-state index in [1.165, 1.54) is 22.2 Å². The Kier molecular flexibility index (Phi) is 4.86. The molecule has 0 fully saturated rings. The van der Waals surface area contributed by atoms with Gasteiger partial charge in [0.2, 0.25) is 0 Å². The van der Waals surface area contributed by atoms with Crippen LogP contribution in [0.3, 0.4) is 0 Å². The Labute approximate surface area is 208 Å². The third-order valence-corrected chi connectivity index (χ3v) is 7.82. The fourth-order valence-electron chi connectivity index (χ4n) is 6.19. The van der Waals surface area contributed by atoms with Crippen LogP contribution in [-0.2, 0) is 13.1 Å². The van der Waals surface area contributed by atoms with Crippen LogP contribution in [0.1, 0.15) is 41.8 Å². The van der Waals surface area contributed by atoms with E-state index in [9.17, 15) is 14.9 Å². The fourth-order valence-corrected chi connectivity index (χ4v) is 6.19. The van der Waals surface area contributed by atoms with Gasteiger partial charge >= 0.3 is 0 Å². The van der Waals surface area contributed by atoms with Crippen molar-refractivity contribution in [3.63, 3.8) is 0 Å². The van der Waals surface area contributed by atoms with Crippen molar-refractivity contribution < 1.29 is 4.79 Å². The van der Waals surface area contributed by atoms with E-state index in [4.69, 9.17) is 5.73 Å². The molecule has 3 aliphatic rings. The molecule has 0 amide bonds. The largest absolute Gasteiger partial charge is 0.328 e. The number of nitrogens with zero attached hydrogens (tertiary/aromatic N) is 5. The number of hydrogen-bond acceptors (Lipinski definition) is 6. The third-order valence-electron chi connectivity index (χ3n) is 7.82. The summed E-state index contributed by atoms with van der Waals surface area (Å²) in [6.45, 7) is 7.24. The molecule has 6 rings (SSSR count). The number of aromatic nitrogens is 3. The molecule has 2 aromatic heterocycles. The molecule has 4 heterocycles. The minimum atomic E-state index is -0.335. The average Bonchev–Trinajstić information content (AvgIpc) is 3.16. The maximum absolute atomic E-state index is 13.8. The van der Waals surface area contributed by atoms with Crippen molar-refractivity contribution in [2.75, 3.05) is 11.4 Å². The topological polar surface area (TPSA) is 110 Å². The molecule has 3 aromatic rings. The predicted octanol–water partition coefficient (Wildman–Crippen LogP) is 3.28. The van der Waals surface area contributed by atoms with Gasteiger partial charge in [-0.15, -0.1) is 0 Å². The van der Waals surface area contributed by atoms with Gasteiger partial charge in [-0.05, 0) is 37.8 Å². The van der Waals surface area contributed by atoms with Gasteiger partial charge in [-0.2, -0.15) is 5.26 Å². The fraction of sp³-hybridized carbons (Fsp3) is 0.357. The summed E-state index contributed by atoms with van der Waals surface area (Å²) in [5.74, 6) is 0.787. The third kappa shape index (κ3) is 3.12. The van der Waals surface area contributed by atoms with Gasteiger partial charge in [0.25, 0.3) is 5.56 Å². The first kappa shape index (κ1) is 22.5. The van der Waals surface area contributed by atoms with E-state index in [1.807, 2.05) is 29.7 Å². The number of carbonyl (C=O) groups excluding carboxylic acids is 1. The van der Waals surface area contributed by atoms with Crippen LogP contribution in [0.15, 0.2) is 58.8 Å². The first-order chi connectivity index (χ1) is 17.2. The van der Waals surface area contributed by atoms with Gasteiger partial charge in [-0.25, -0.2) is 4.98 Å². The molecular formula is C28H28N6O2. The number of benzene rings is 1. The molecule has 3 atom stereocenters. The van der Waals surface area contributed by atoms with Gasteiger partial charge in [0.05, 0.1) is 12.9 Å². The van der Waals surface area contributed by atoms with E-state index < -0.39 is 0 Å². The highest BCUT2D eigenvalue weighted by atomic mass is 16.1. The quantitative estimate of drug-likeness (QED) is 0.455. The van der Waals surface area contributed by atoms with Gasteiger partial charge in [-0.3, -0.25) is 14.2 Å². The molecule has 0 saturated carbocycles. The lowest BCUT2D eigenvalue weighted by molar-refractivity contribution is 0.0970. The predicted molar refractivity (Wildman–Crippen MR) is 138 cm³/mol. The summed E-state index contributed by atoms with van der Waals surface area (Å²) in [5.41, 5.74) is 11.0. The highest BCUT2D eigenvalue weighted by Crippen LogP contribution is 2.51. The molecule has 0 bridgehead atoms. The summed E-state index contributed by atoms with van der Waals surface area (Å²) in [6, 6.07) is 9.56. The molecule has 182 valence electrons. The molecule has 8 nitrogen and oxygen atoms in total. The zero-order valence-corrected chi connectivity index (χ0v) is 20.7. The van der Waals surface area contributed by atoms with Crippen molar-refractivity contribution in [1.82, 2.24) is 14.1 Å². The van der Waals surface area contributed by atoms with E-state index in [-0.39, 0.29) is 35.3 Å². The lowest BCUT2D eigenvalue weighted by Crippen LogP contribution is -2.52. The van der Waals surface area contributed by atoms with Crippen molar-refractivity contribution in [3.8, 4) is 6.07 Å². The second-order valence-electron chi connectivity index (χ2n) is 10.6. The summed E-state index contributed by atoms with van der Waals surface area (Å²) in [4.78, 5) is 33.4. The van der Waals surface area contributed by atoms with Crippen LogP contribution in [0.25, 0.3) is 11.0 Å². The number of carbonyl (C=O) groups is 1. The van der Waals surface area contributed by atoms with Crippen molar-refractivity contribution in [1.29, 1.82) is 5.26 Å². The molecule has 0 radical (unpaired) electrons. The number of nitrogens with two attached hydrogens (primary N) is 1. The van der Waals surface area contributed by atoms with Crippen molar-refractivity contribution in [3.05, 3.63) is 81.1 Å². The molecule has 3 unspecified atom stereocenters. The normalized spacial score (nSPS) is 24.5. The summed E-state index contributed by atoms with van der Waals surface area (Å²) in [6.07, 6.45) is 6.64. The molecule has 36 heavy (non-hydrogen) atoms. The Morgan fingerprint density at radius 1 is 1.36 bits per heavy atom. The van der Waals surface area contributed by atoms with Crippen LogP contribution >= 0.6 is 0 Å². The number of allylic oxidation sites excluding steroid dienone is 2. The molecule has 1 aromatic carbocycles. The number of hydrogen-bond donors (Lipinski definition) is 1. The zero-order valence-electron chi connectivity index (χ0n) is 20.7. The van der Waals surface area contributed by atoms with E-state index in [1.54, 1.807) is 6.07 Å². The number of nitriles is 1. The van der Waals surface area contributed by atoms with Crippen LogP contribution in [0.2, 0.25) is 0 Å². The molecule has 0 saturated heterocycles. The Morgan fingerprint density at radius 3 is 2.92 bits per heavy atom. The highest BCUT2D eigenvalue weighted by molar-refractivity contribution is 5.96. The van der Waals surface area contributed by atoms with E-state index >= 15 is 0 Å². The van der Waals surface area contributed by atoms with E-state index in [2.05, 4.69) is 42.0 Å². The number of anilines is 1. The summed E-state index contributed by atoms with van der Waals surface area (Å²) >= 11 is 0. The Morgan fingerprint density at radius 2 is 2.17 bits per heavy atom. The Bertz CT molecular complexity index is 1620. The van der Waals surface area contributed by atoms with Gasteiger partial charge in [-0.1, -0.05) is 42.8 Å². The van der Waals surface area contributed by atoms with Crippen LogP contribution in [0.4, 0.5) is 5.82 Å². The van der Waals surface area contributed by atoms with Gasteiger partial charge in [0, 0.05) is 35.8 Å². The minimum absolute atomic E-state index is 0.0744. The van der Waals surface area contributed by atoms with Crippen molar-refractivity contribution >= 4 is 22.6 Å². The number of Topliss-reactive ketones (excluding diaryl/α,β-unsaturated/α-hetero) is 1. The summed E-state index contributed by atoms with van der Waals surface area (Å²) < 4.78 is 3.28. The smallest absolute Gasteiger partial charge is 0.278 e. The number of ketones is 1. The molecule has 2 N–H and O–H groups in total. The van der Waals surface area contributed by atoms with Crippen molar-refractivity contribution in [2.45, 2.75) is 46.3 Å². The van der Waals surface area contributed by atoms with Crippen LogP contribution in [-0.4, -0.2) is 32.5 Å². The summed E-state index contributed by atoms with van der Waals surface area (Å²) in [7, 11) is 0. The van der Waals surface area contributed by atoms with Crippen LogP contribution in [0, 0.1) is 29.6 Å². The number of rotatable bonds is 3. The lowest BCUT2D eigenvalue weighted by Gasteiger charge is -2.51. The Balaban J connectivity index is 1.54. The van der Waals surface area contributed by atoms with Gasteiger partial charge < -0.3 is 15.2 Å². The average molecular weight is 481 g/mol. The van der Waals surface area contributed by atoms with E-state index in [0.29, 0.717) is 41.1 Å². The lowest BCUT2D eigenvalue weighted by atomic mass is 9.71. The molecule has 8 heteroatoms. The summed E-state index contributed by atoms with van der Waals surface area (Å²) in [5, 5.41) is 10.2. The first-order valence-corrected chi connectivity index (χ1v) is 12.3. The number of fused-ring (bicyclic) bond motifs is 4. The van der Waals surface area contributed by atoms with E-state index in [0.717, 1.165) is 12.0 Å². The second kappa shape index (κ2) is 7.77. The van der Waals surface area contributed by atoms with Crippen molar-refractivity contribution in [2.24, 2.45) is 17.1 Å². The maximum atomic E-state index is 13.8. The molecular weight excluding hydrogens is 452 g/mol. The first-order valence-electron chi connectivity index (χ1n) is 12.3. The molecule has 0 spiro atoms. The SMILES string of the molecule is Cc1cccc(C(=O)Cn2cnc3c(C#N)c4n(c3c2=O)CC2(C)C=CC(C)C3=C2N4CC(N)C3)c1. The zero-order chi connectivity index (χ0) is 25.4. The monoisotopic (exact) mass is 480 g/mol. The van der Waals surface area contributed by atoms with Crippen LogP contribution in [0.5, 0.6) is 0 Å². The molecule has 1 aliphatic carbocycles. The molecule has 2 aliphatic heterocycles. The second-order valence-corrected chi connectivity index (χ2v) is 10.6. The number of aryl methyl sites for hydroxylation is 1. The minimum Gasteiger partial charge on any atom is -0.328 e. The van der Waals surface area contributed by atoms with Gasteiger partial charge in [0.1, 0.15) is 28.5 Å². The highest BCUT2D eigenvalue weighted by Gasteiger charge is 2.47. The van der Waals surface area contributed by atoms with Crippen LogP contribution < -0.4 is 16.2 Å².